The van der Waals surface area contributed by atoms with E-state index in [1.807, 2.05) is 38.1 Å². The molecule has 2 rings (SSSR count). The van der Waals surface area contributed by atoms with E-state index in [9.17, 15) is 9.90 Å². The normalized spacial score (nSPS) is 12.4. The molecule has 0 saturated heterocycles. The number of carboxylic acids is 1. The van der Waals surface area contributed by atoms with Gasteiger partial charge in [-0.25, -0.2) is 4.79 Å². The van der Waals surface area contributed by atoms with E-state index < -0.39 is 12.0 Å². The minimum atomic E-state index is -0.934. The second kappa shape index (κ2) is 6.09. The number of carboxylic acid groups (broad SMARTS) is 1. The largest absolute Gasteiger partial charge is 0.479 e. The summed E-state index contributed by atoms with van der Waals surface area (Å²) in [6.07, 6.45) is 3.35. The van der Waals surface area contributed by atoms with Crippen LogP contribution in [0.4, 0.5) is 5.69 Å². The molecule has 0 saturated carbocycles. The fourth-order valence-electron chi connectivity index (χ4n) is 1.78. The Morgan fingerprint density at radius 3 is 2.50 bits per heavy atom. The number of rotatable bonds is 5. The number of nitrogens with one attached hydrogen (secondary N) is 1. The molecule has 2 aromatic rings. The molecule has 2 N–H and O–H groups in total. The van der Waals surface area contributed by atoms with Crippen molar-refractivity contribution in [2.75, 3.05) is 5.32 Å². The highest BCUT2D eigenvalue weighted by molar-refractivity contribution is 9.10. The van der Waals surface area contributed by atoms with Gasteiger partial charge in [-0.2, -0.15) is 5.10 Å². The molecule has 1 aromatic carbocycles. The van der Waals surface area contributed by atoms with Gasteiger partial charge in [-0.05, 0) is 38.1 Å². The summed E-state index contributed by atoms with van der Waals surface area (Å²) in [5, 5.41) is 16.6. The quantitative estimate of drug-likeness (QED) is 0.876. The van der Waals surface area contributed by atoms with E-state index in [1.54, 1.807) is 17.1 Å². The van der Waals surface area contributed by atoms with E-state index in [1.165, 1.54) is 0 Å². The predicted octanol–water partition coefficient (Wildman–Crippen LogP) is 3.46. The van der Waals surface area contributed by atoms with Crippen LogP contribution in [0.1, 0.15) is 31.5 Å². The van der Waals surface area contributed by atoms with E-state index in [-0.39, 0.29) is 6.04 Å². The molecule has 106 valence electrons. The zero-order chi connectivity index (χ0) is 14.7. The van der Waals surface area contributed by atoms with Gasteiger partial charge in [0.1, 0.15) is 0 Å². The summed E-state index contributed by atoms with van der Waals surface area (Å²) in [5.74, 6) is -0.934. The first-order valence-corrected chi connectivity index (χ1v) is 7.05. The van der Waals surface area contributed by atoms with E-state index in [4.69, 9.17) is 0 Å². The van der Waals surface area contributed by atoms with Crippen LogP contribution in [0.25, 0.3) is 0 Å². The van der Waals surface area contributed by atoms with Crippen LogP contribution in [0, 0.1) is 0 Å². The van der Waals surface area contributed by atoms with E-state index in [0.29, 0.717) is 5.56 Å². The Labute approximate surface area is 125 Å². The first kappa shape index (κ1) is 14.6. The summed E-state index contributed by atoms with van der Waals surface area (Å²) in [7, 11) is 0. The van der Waals surface area contributed by atoms with E-state index >= 15 is 0 Å². The van der Waals surface area contributed by atoms with Crippen LogP contribution < -0.4 is 5.32 Å². The number of hydrogen-bond donors (Lipinski definition) is 2. The van der Waals surface area contributed by atoms with Gasteiger partial charge < -0.3 is 10.4 Å². The Kier molecular flexibility index (Phi) is 4.44. The topological polar surface area (TPSA) is 67.2 Å². The lowest BCUT2D eigenvalue weighted by Gasteiger charge is -2.14. The van der Waals surface area contributed by atoms with E-state index in [2.05, 4.69) is 26.3 Å². The first-order valence-electron chi connectivity index (χ1n) is 6.26. The smallest absolute Gasteiger partial charge is 0.330 e. The molecule has 1 unspecified atom stereocenters. The average molecular weight is 338 g/mol. The molecule has 1 atom stereocenters. The Hall–Kier alpha value is -1.82. The van der Waals surface area contributed by atoms with Gasteiger partial charge in [0.15, 0.2) is 6.04 Å². The summed E-state index contributed by atoms with van der Waals surface area (Å²) in [4.78, 5) is 11.4. The van der Waals surface area contributed by atoms with Gasteiger partial charge in [0, 0.05) is 28.0 Å². The van der Waals surface area contributed by atoms with Crippen molar-refractivity contribution in [2.24, 2.45) is 0 Å². The highest BCUT2D eigenvalue weighted by Crippen LogP contribution is 2.22. The lowest BCUT2D eigenvalue weighted by atomic mass is 10.1. The number of benzene rings is 1. The summed E-state index contributed by atoms with van der Waals surface area (Å²) >= 11 is 3.35. The second-order valence-corrected chi connectivity index (χ2v) is 5.69. The number of anilines is 1. The average Bonchev–Trinajstić information content (AvgIpc) is 2.87. The van der Waals surface area contributed by atoms with Gasteiger partial charge in [0.2, 0.25) is 0 Å². The summed E-state index contributed by atoms with van der Waals surface area (Å²) in [6.45, 7) is 3.99. The molecule has 0 radical (unpaired) electrons. The Bertz CT molecular complexity index is 593. The maximum Gasteiger partial charge on any atom is 0.330 e. The maximum absolute atomic E-state index is 11.4. The maximum atomic E-state index is 11.4. The van der Waals surface area contributed by atoms with Crippen molar-refractivity contribution in [2.45, 2.75) is 25.9 Å². The number of aliphatic carboxylic acids is 1. The number of halogens is 1. The molecule has 0 spiro atoms. The van der Waals surface area contributed by atoms with Crippen LogP contribution in [-0.4, -0.2) is 20.9 Å². The van der Waals surface area contributed by atoms with Crippen molar-refractivity contribution in [1.29, 1.82) is 0 Å². The van der Waals surface area contributed by atoms with Crippen molar-refractivity contribution >= 4 is 27.6 Å². The van der Waals surface area contributed by atoms with E-state index in [0.717, 1.165) is 10.2 Å². The minimum absolute atomic E-state index is 0.200. The third kappa shape index (κ3) is 3.39. The zero-order valence-electron chi connectivity index (χ0n) is 11.2. The number of nitrogens with zero attached hydrogens (tertiary/aromatic N) is 2. The molecule has 0 bridgehead atoms. The SMILES string of the molecule is CC(C)n1cc(C(Nc2ccc(Br)cc2)C(=O)O)cn1. The monoisotopic (exact) mass is 337 g/mol. The highest BCUT2D eigenvalue weighted by Gasteiger charge is 2.21. The van der Waals surface area contributed by atoms with Crippen molar-refractivity contribution in [3.63, 3.8) is 0 Å². The van der Waals surface area contributed by atoms with Gasteiger partial charge >= 0.3 is 5.97 Å². The Balaban J connectivity index is 2.22. The fraction of sp³-hybridized carbons (Fsp3) is 0.286. The molecule has 0 aliphatic rings. The summed E-state index contributed by atoms with van der Waals surface area (Å²) in [5.41, 5.74) is 1.38. The Morgan fingerprint density at radius 1 is 1.35 bits per heavy atom. The highest BCUT2D eigenvalue weighted by atomic mass is 79.9. The summed E-state index contributed by atoms with van der Waals surface area (Å²) in [6, 6.07) is 6.76. The van der Waals surface area contributed by atoms with Crippen LogP contribution in [0.3, 0.4) is 0 Å². The van der Waals surface area contributed by atoms with Crippen molar-refractivity contribution in [3.8, 4) is 0 Å². The molecule has 6 heteroatoms. The number of carbonyl (C=O) groups is 1. The third-order valence-electron chi connectivity index (χ3n) is 2.89. The molecule has 1 heterocycles. The molecule has 0 fully saturated rings. The lowest BCUT2D eigenvalue weighted by Crippen LogP contribution is -2.20. The van der Waals surface area contributed by atoms with Crippen LogP contribution in [0.2, 0.25) is 0 Å². The minimum Gasteiger partial charge on any atom is -0.479 e. The van der Waals surface area contributed by atoms with Gasteiger partial charge in [0.05, 0.1) is 6.20 Å². The van der Waals surface area contributed by atoms with Crippen molar-refractivity contribution in [1.82, 2.24) is 9.78 Å². The molecule has 20 heavy (non-hydrogen) atoms. The molecular formula is C14H16BrN3O2. The van der Waals surface area contributed by atoms with Gasteiger partial charge in [0.25, 0.3) is 0 Å². The molecule has 0 aliphatic carbocycles. The van der Waals surface area contributed by atoms with Crippen LogP contribution >= 0.6 is 15.9 Å². The van der Waals surface area contributed by atoms with Crippen LogP contribution in [0.15, 0.2) is 41.1 Å². The van der Waals surface area contributed by atoms with Crippen LogP contribution in [0.5, 0.6) is 0 Å². The third-order valence-corrected chi connectivity index (χ3v) is 3.41. The van der Waals surface area contributed by atoms with Gasteiger partial charge in [-0.15, -0.1) is 0 Å². The molecular weight excluding hydrogens is 322 g/mol. The number of hydrogen-bond acceptors (Lipinski definition) is 3. The second-order valence-electron chi connectivity index (χ2n) is 4.77. The molecule has 0 amide bonds. The predicted molar refractivity (Wildman–Crippen MR) is 80.8 cm³/mol. The van der Waals surface area contributed by atoms with Gasteiger partial charge in [-0.3, -0.25) is 4.68 Å². The van der Waals surface area contributed by atoms with Crippen molar-refractivity contribution in [3.05, 3.63) is 46.7 Å². The lowest BCUT2D eigenvalue weighted by molar-refractivity contribution is -0.138. The van der Waals surface area contributed by atoms with Crippen LogP contribution in [-0.2, 0) is 4.79 Å². The van der Waals surface area contributed by atoms with Gasteiger partial charge in [-0.1, -0.05) is 15.9 Å². The first-order chi connectivity index (χ1) is 9.47. The van der Waals surface area contributed by atoms with Crippen molar-refractivity contribution < 1.29 is 9.90 Å². The fourth-order valence-corrected chi connectivity index (χ4v) is 2.05. The molecule has 0 aliphatic heterocycles. The Morgan fingerprint density at radius 2 is 2.00 bits per heavy atom. The standard InChI is InChI=1S/C14H16BrN3O2/c1-9(2)18-8-10(7-16-18)13(14(19)20)17-12-5-3-11(15)4-6-12/h3-9,13,17H,1-2H3,(H,19,20). The number of aromatic nitrogens is 2. The molecule has 1 aromatic heterocycles. The summed E-state index contributed by atoms with van der Waals surface area (Å²) < 4.78 is 2.69. The molecule has 5 nitrogen and oxygen atoms in total. The zero-order valence-corrected chi connectivity index (χ0v) is 12.8.